The van der Waals surface area contributed by atoms with Crippen LogP contribution < -0.4 is 5.73 Å². The van der Waals surface area contributed by atoms with E-state index in [0.29, 0.717) is 6.04 Å². The van der Waals surface area contributed by atoms with Gasteiger partial charge in [-0.2, -0.15) is 0 Å². The van der Waals surface area contributed by atoms with Crippen LogP contribution >= 0.6 is 0 Å². The van der Waals surface area contributed by atoms with E-state index in [0.717, 1.165) is 6.54 Å². The van der Waals surface area contributed by atoms with Gasteiger partial charge in [0.2, 0.25) is 0 Å². The summed E-state index contributed by atoms with van der Waals surface area (Å²) in [5, 5.41) is 0. The Balaban J connectivity index is 3.58. The molecule has 0 bridgehead atoms. The number of nitrogens with two attached hydrogens (primary N) is 1. The van der Waals surface area contributed by atoms with E-state index in [-0.39, 0.29) is 0 Å². The highest BCUT2D eigenvalue weighted by atomic mass is 15.2. The van der Waals surface area contributed by atoms with E-state index in [4.69, 9.17) is 5.73 Å². The van der Waals surface area contributed by atoms with Crippen molar-refractivity contribution in [2.75, 3.05) is 19.6 Å². The molecule has 0 saturated carbocycles. The largest absolute Gasteiger partial charge is 0.329 e. The van der Waals surface area contributed by atoms with Gasteiger partial charge in [-0.15, -0.1) is 0 Å². The van der Waals surface area contributed by atoms with E-state index in [2.05, 4.69) is 25.7 Å². The molecule has 2 N–H and O–H groups in total. The Kier molecular flexibility index (Phi) is 37.0. The summed E-state index contributed by atoms with van der Waals surface area (Å²) in [5.74, 6) is 0. The first-order valence-electron chi connectivity index (χ1n) is 20.2. The van der Waals surface area contributed by atoms with Crippen molar-refractivity contribution >= 4 is 0 Å². The van der Waals surface area contributed by atoms with Crippen molar-refractivity contribution in [3.63, 3.8) is 0 Å². The van der Waals surface area contributed by atoms with Gasteiger partial charge < -0.3 is 5.73 Å². The fourth-order valence-electron chi connectivity index (χ4n) is 6.78. The van der Waals surface area contributed by atoms with Crippen LogP contribution in [0.4, 0.5) is 0 Å². The van der Waals surface area contributed by atoms with Crippen molar-refractivity contribution in [2.45, 2.75) is 239 Å². The van der Waals surface area contributed by atoms with Gasteiger partial charge >= 0.3 is 0 Å². The van der Waals surface area contributed by atoms with Gasteiger partial charge in [0.05, 0.1) is 0 Å². The van der Waals surface area contributed by atoms with Crippen LogP contribution in [0.15, 0.2) is 0 Å². The quantitative estimate of drug-likeness (QED) is 0.0727. The van der Waals surface area contributed by atoms with Gasteiger partial charge in [0, 0.05) is 12.6 Å². The first-order chi connectivity index (χ1) is 20.8. The Morgan fingerprint density at radius 1 is 0.333 bits per heavy atom. The minimum atomic E-state index is 0.595. The van der Waals surface area contributed by atoms with Gasteiger partial charge in [0.1, 0.15) is 0 Å². The number of hydrogen-bond donors (Lipinski definition) is 1. The predicted octanol–water partition coefficient (Wildman–Crippen LogP) is 13.5. The SMILES string of the molecule is CCCCCCCCCCCCCCCCCCN(CCCCCCCCCCCCCCCCCC)C(CC)CN. The molecule has 0 spiro atoms. The maximum absolute atomic E-state index is 6.16. The maximum Gasteiger partial charge on any atom is 0.0215 e. The molecule has 0 rings (SSSR count). The van der Waals surface area contributed by atoms with Gasteiger partial charge in [-0.05, 0) is 32.4 Å². The second-order valence-electron chi connectivity index (χ2n) is 13.9. The molecule has 0 amide bonds. The zero-order chi connectivity index (χ0) is 30.6. The number of rotatable bonds is 37. The number of unbranched alkanes of at least 4 members (excludes halogenated alkanes) is 30. The highest BCUT2D eigenvalue weighted by Gasteiger charge is 2.14. The van der Waals surface area contributed by atoms with E-state index >= 15 is 0 Å². The fraction of sp³-hybridized carbons (Fsp3) is 1.00. The molecule has 0 aromatic carbocycles. The van der Waals surface area contributed by atoms with Crippen molar-refractivity contribution in [1.82, 2.24) is 4.90 Å². The standard InChI is InChI=1S/C40H84N2/c1-4-7-9-11-13-15-17-19-21-23-25-27-29-31-33-35-37-42(40(6-3)39-41)38-36-34-32-30-28-26-24-22-20-18-16-14-12-10-8-5-2/h40H,4-39,41H2,1-3H3. The molecule has 42 heavy (non-hydrogen) atoms. The van der Waals surface area contributed by atoms with E-state index in [9.17, 15) is 0 Å². The predicted molar refractivity (Wildman–Crippen MR) is 194 cm³/mol. The summed E-state index contributed by atoms with van der Waals surface area (Å²) in [6.07, 6.45) is 47.5. The highest BCUT2D eigenvalue weighted by Crippen LogP contribution is 2.16. The van der Waals surface area contributed by atoms with Crippen molar-refractivity contribution < 1.29 is 0 Å². The average Bonchev–Trinajstić information content (AvgIpc) is 3.00. The first kappa shape index (κ1) is 41.9. The summed E-state index contributed by atoms with van der Waals surface area (Å²) in [5.41, 5.74) is 6.16. The third-order valence-electron chi connectivity index (χ3n) is 9.86. The van der Waals surface area contributed by atoms with Crippen molar-refractivity contribution in [3.05, 3.63) is 0 Å². The van der Waals surface area contributed by atoms with E-state index in [1.54, 1.807) is 0 Å². The molecule has 0 fully saturated rings. The molecule has 0 aliphatic heterocycles. The van der Waals surface area contributed by atoms with Crippen LogP contribution in [0, 0.1) is 0 Å². The van der Waals surface area contributed by atoms with Crippen LogP contribution in [0.1, 0.15) is 233 Å². The lowest BCUT2D eigenvalue weighted by atomic mass is 10.0. The van der Waals surface area contributed by atoms with Gasteiger partial charge in [0.15, 0.2) is 0 Å². The first-order valence-corrected chi connectivity index (χ1v) is 20.2. The molecule has 1 atom stereocenters. The Morgan fingerprint density at radius 2 is 0.548 bits per heavy atom. The summed E-state index contributed by atoms with van der Waals surface area (Å²) < 4.78 is 0. The molecule has 254 valence electrons. The van der Waals surface area contributed by atoms with Gasteiger partial charge in [-0.3, -0.25) is 4.90 Å². The number of hydrogen-bond acceptors (Lipinski definition) is 2. The lowest BCUT2D eigenvalue weighted by Gasteiger charge is -2.30. The Bertz CT molecular complexity index is 425. The Labute approximate surface area is 268 Å². The molecule has 1 unspecified atom stereocenters. The lowest BCUT2D eigenvalue weighted by Crippen LogP contribution is -2.41. The molecule has 2 heteroatoms. The summed E-state index contributed by atoms with van der Waals surface area (Å²) in [6, 6.07) is 0.595. The maximum atomic E-state index is 6.16. The highest BCUT2D eigenvalue weighted by molar-refractivity contribution is 4.71. The van der Waals surface area contributed by atoms with Crippen LogP contribution in [0.25, 0.3) is 0 Å². The molecule has 0 aliphatic rings. The number of nitrogens with zero attached hydrogens (tertiary/aromatic N) is 1. The van der Waals surface area contributed by atoms with Crippen LogP contribution in [-0.4, -0.2) is 30.6 Å². The van der Waals surface area contributed by atoms with Crippen LogP contribution in [0.3, 0.4) is 0 Å². The minimum absolute atomic E-state index is 0.595. The molecular formula is C40H84N2. The third-order valence-corrected chi connectivity index (χ3v) is 9.86. The van der Waals surface area contributed by atoms with Gasteiger partial charge in [0.25, 0.3) is 0 Å². The molecule has 0 aliphatic carbocycles. The molecule has 2 nitrogen and oxygen atoms in total. The summed E-state index contributed by atoms with van der Waals surface area (Å²) in [4.78, 5) is 2.74. The second-order valence-corrected chi connectivity index (χ2v) is 13.9. The van der Waals surface area contributed by atoms with E-state index in [1.807, 2.05) is 0 Å². The van der Waals surface area contributed by atoms with Crippen molar-refractivity contribution in [3.8, 4) is 0 Å². The molecule has 0 aromatic rings. The molecule has 0 heterocycles. The van der Waals surface area contributed by atoms with Crippen LogP contribution in [0.5, 0.6) is 0 Å². The topological polar surface area (TPSA) is 29.3 Å². The summed E-state index contributed by atoms with van der Waals surface area (Å²) in [7, 11) is 0. The van der Waals surface area contributed by atoms with Crippen molar-refractivity contribution in [2.24, 2.45) is 5.73 Å². The van der Waals surface area contributed by atoms with E-state index in [1.165, 1.54) is 225 Å². The lowest BCUT2D eigenvalue weighted by molar-refractivity contribution is 0.186. The second kappa shape index (κ2) is 37.1. The Morgan fingerprint density at radius 3 is 0.738 bits per heavy atom. The normalized spacial score (nSPS) is 12.5. The molecule has 0 radical (unpaired) electrons. The molecule has 0 aromatic heterocycles. The zero-order valence-electron chi connectivity index (χ0n) is 30.1. The summed E-state index contributed by atoms with van der Waals surface area (Å²) >= 11 is 0. The zero-order valence-corrected chi connectivity index (χ0v) is 30.1. The van der Waals surface area contributed by atoms with Crippen LogP contribution in [0.2, 0.25) is 0 Å². The van der Waals surface area contributed by atoms with Crippen LogP contribution in [-0.2, 0) is 0 Å². The van der Waals surface area contributed by atoms with Gasteiger partial charge in [-0.1, -0.05) is 213 Å². The monoisotopic (exact) mass is 593 g/mol. The fourth-order valence-corrected chi connectivity index (χ4v) is 6.78. The third kappa shape index (κ3) is 31.3. The van der Waals surface area contributed by atoms with Crippen molar-refractivity contribution in [1.29, 1.82) is 0 Å². The van der Waals surface area contributed by atoms with Gasteiger partial charge in [-0.25, -0.2) is 0 Å². The molecule has 0 saturated heterocycles. The van der Waals surface area contributed by atoms with E-state index < -0.39 is 0 Å². The smallest absolute Gasteiger partial charge is 0.0215 e. The Hall–Kier alpha value is -0.0800. The molecular weight excluding hydrogens is 508 g/mol. The summed E-state index contributed by atoms with van der Waals surface area (Å²) in [6.45, 7) is 10.3. The minimum Gasteiger partial charge on any atom is -0.329 e. The average molecular weight is 593 g/mol.